The highest BCUT2D eigenvalue weighted by molar-refractivity contribution is 5.47. The lowest BCUT2D eigenvalue weighted by molar-refractivity contribution is -0.0565. The van der Waals surface area contributed by atoms with E-state index < -0.39 is 5.60 Å². The Kier molecular flexibility index (Phi) is 6.29. The molecular formula is C27H26N2O2. The molecule has 31 heavy (non-hydrogen) atoms. The van der Waals surface area contributed by atoms with Crippen molar-refractivity contribution in [1.29, 1.82) is 0 Å². The summed E-state index contributed by atoms with van der Waals surface area (Å²) in [5, 5.41) is 0. The maximum absolute atomic E-state index is 6.86. The molecule has 0 fully saturated rings. The minimum atomic E-state index is -0.777. The van der Waals surface area contributed by atoms with E-state index in [0.29, 0.717) is 18.2 Å². The van der Waals surface area contributed by atoms with Crippen LogP contribution >= 0.6 is 0 Å². The average Bonchev–Trinajstić information content (AvgIpc) is 2.84. The number of nitrogens with zero attached hydrogens (tertiary/aromatic N) is 1. The van der Waals surface area contributed by atoms with Gasteiger partial charge < -0.3 is 15.2 Å². The van der Waals surface area contributed by atoms with E-state index in [9.17, 15) is 0 Å². The van der Waals surface area contributed by atoms with Gasteiger partial charge in [0.2, 0.25) is 5.88 Å². The minimum Gasteiger partial charge on any atom is -0.475 e. The molecule has 0 saturated carbocycles. The predicted octanol–water partition coefficient (Wildman–Crippen LogP) is 5.44. The normalized spacial score (nSPS) is 12.3. The lowest BCUT2D eigenvalue weighted by Gasteiger charge is -2.38. The fraction of sp³-hybridized carbons (Fsp3) is 0.148. The zero-order chi connectivity index (χ0) is 21.5. The molecule has 4 rings (SSSR count). The Balaban J connectivity index is 1.72. The van der Waals surface area contributed by atoms with Gasteiger partial charge in [-0.05, 0) is 29.7 Å². The number of hydrogen-bond acceptors (Lipinski definition) is 4. The van der Waals surface area contributed by atoms with Crippen molar-refractivity contribution in [3.8, 4) is 5.88 Å². The molecule has 0 bridgehead atoms. The van der Waals surface area contributed by atoms with Gasteiger partial charge in [0.1, 0.15) is 12.2 Å². The molecule has 0 aliphatic heterocycles. The fourth-order valence-corrected chi connectivity index (χ4v) is 3.74. The first-order chi connectivity index (χ1) is 15.2. The molecule has 4 aromatic rings. The van der Waals surface area contributed by atoms with Gasteiger partial charge in [0.05, 0.1) is 18.0 Å². The standard InChI is InChI=1S/C27H26N2O2/c1-21(20-30-26-18-17-25(28)19-29-26)31-27(22-11-5-2-6-12-22,23-13-7-3-8-14-23)24-15-9-4-10-16-24/h2-19,21H,20,28H2,1H3/t21-/m0/s1. The van der Waals surface area contributed by atoms with Crippen molar-refractivity contribution in [2.24, 2.45) is 0 Å². The number of hydrogen-bond donors (Lipinski definition) is 1. The van der Waals surface area contributed by atoms with Crippen LogP contribution in [0.4, 0.5) is 5.69 Å². The van der Waals surface area contributed by atoms with Crippen molar-refractivity contribution >= 4 is 5.69 Å². The van der Waals surface area contributed by atoms with Crippen LogP contribution in [0.5, 0.6) is 5.88 Å². The van der Waals surface area contributed by atoms with Gasteiger partial charge in [0.25, 0.3) is 0 Å². The van der Waals surface area contributed by atoms with E-state index in [4.69, 9.17) is 15.2 Å². The van der Waals surface area contributed by atoms with Crippen LogP contribution in [0, 0.1) is 0 Å². The summed E-state index contributed by atoms with van der Waals surface area (Å²) in [6.45, 7) is 2.37. The molecular weight excluding hydrogens is 384 g/mol. The van der Waals surface area contributed by atoms with Crippen LogP contribution in [-0.4, -0.2) is 17.7 Å². The Morgan fingerprint density at radius 2 is 1.23 bits per heavy atom. The molecule has 0 radical (unpaired) electrons. The van der Waals surface area contributed by atoms with Crippen LogP contribution in [0.15, 0.2) is 109 Å². The molecule has 0 aliphatic carbocycles. The summed E-state index contributed by atoms with van der Waals surface area (Å²) in [6, 6.07) is 34.5. The summed E-state index contributed by atoms with van der Waals surface area (Å²) in [7, 11) is 0. The molecule has 0 saturated heterocycles. The molecule has 0 unspecified atom stereocenters. The molecule has 4 heteroatoms. The molecule has 4 nitrogen and oxygen atoms in total. The van der Waals surface area contributed by atoms with Crippen molar-refractivity contribution in [3.05, 3.63) is 126 Å². The van der Waals surface area contributed by atoms with E-state index in [1.54, 1.807) is 18.3 Å². The maximum Gasteiger partial charge on any atom is 0.213 e. The largest absolute Gasteiger partial charge is 0.475 e. The van der Waals surface area contributed by atoms with Gasteiger partial charge in [0, 0.05) is 6.07 Å². The van der Waals surface area contributed by atoms with E-state index in [1.807, 2.05) is 61.5 Å². The van der Waals surface area contributed by atoms with Crippen LogP contribution in [0.3, 0.4) is 0 Å². The first-order valence-corrected chi connectivity index (χ1v) is 10.4. The fourth-order valence-electron chi connectivity index (χ4n) is 3.74. The van der Waals surface area contributed by atoms with E-state index in [0.717, 1.165) is 16.7 Å². The minimum absolute atomic E-state index is 0.222. The lowest BCUT2D eigenvalue weighted by atomic mass is 9.80. The summed E-state index contributed by atoms with van der Waals surface area (Å²) in [5.41, 5.74) is 8.72. The Hall–Kier alpha value is -3.63. The molecule has 0 aliphatic rings. The highest BCUT2D eigenvalue weighted by atomic mass is 16.5. The van der Waals surface area contributed by atoms with Gasteiger partial charge in [0.15, 0.2) is 0 Å². The second kappa shape index (κ2) is 9.45. The number of nitrogens with two attached hydrogens (primary N) is 1. The molecule has 2 N–H and O–H groups in total. The number of rotatable bonds is 8. The van der Waals surface area contributed by atoms with Crippen LogP contribution in [-0.2, 0) is 10.3 Å². The number of aromatic nitrogens is 1. The SMILES string of the molecule is C[C@@H](COc1ccc(N)cn1)OC(c1ccccc1)(c1ccccc1)c1ccccc1. The predicted molar refractivity (Wildman–Crippen MR) is 124 cm³/mol. The second-order valence-corrected chi connectivity index (χ2v) is 7.45. The van der Waals surface area contributed by atoms with Crippen LogP contribution in [0.2, 0.25) is 0 Å². The van der Waals surface area contributed by atoms with Crippen molar-refractivity contribution in [2.45, 2.75) is 18.6 Å². The topological polar surface area (TPSA) is 57.4 Å². The van der Waals surface area contributed by atoms with Gasteiger partial charge in [-0.3, -0.25) is 0 Å². The van der Waals surface area contributed by atoms with Gasteiger partial charge >= 0.3 is 0 Å². The summed E-state index contributed by atoms with van der Waals surface area (Å²) in [5.74, 6) is 0.523. The van der Waals surface area contributed by atoms with Gasteiger partial charge in [-0.2, -0.15) is 0 Å². The highest BCUT2D eigenvalue weighted by Gasteiger charge is 2.39. The molecule has 1 heterocycles. The summed E-state index contributed by atoms with van der Waals surface area (Å²) in [6.07, 6.45) is 1.36. The first kappa shape index (κ1) is 20.6. The highest BCUT2D eigenvalue weighted by Crippen LogP contribution is 2.41. The average molecular weight is 411 g/mol. The number of anilines is 1. The van der Waals surface area contributed by atoms with E-state index >= 15 is 0 Å². The van der Waals surface area contributed by atoms with Crippen molar-refractivity contribution in [1.82, 2.24) is 4.98 Å². The second-order valence-electron chi connectivity index (χ2n) is 7.45. The van der Waals surface area contributed by atoms with Crippen LogP contribution in [0.1, 0.15) is 23.6 Å². The molecule has 156 valence electrons. The molecule has 1 atom stereocenters. The lowest BCUT2D eigenvalue weighted by Crippen LogP contribution is -2.38. The van der Waals surface area contributed by atoms with Crippen LogP contribution in [0.25, 0.3) is 0 Å². The van der Waals surface area contributed by atoms with Gasteiger partial charge in [-0.1, -0.05) is 91.0 Å². The number of pyridine rings is 1. The van der Waals surface area contributed by atoms with E-state index in [2.05, 4.69) is 41.4 Å². The number of benzene rings is 3. The van der Waals surface area contributed by atoms with Crippen molar-refractivity contribution in [3.63, 3.8) is 0 Å². The first-order valence-electron chi connectivity index (χ1n) is 10.4. The summed E-state index contributed by atoms with van der Waals surface area (Å²) in [4.78, 5) is 4.22. The van der Waals surface area contributed by atoms with Crippen molar-refractivity contribution in [2.75, 3.05) is 12.3 Å². The Morgan fingerprint density at radius 3 is 1.65 bits per heavy atom. The van der Waals surface area contributed by atoms with Gasteiger partial charge in [-0.25, -0.2) is 4.98 Å². The van der Waals surface area contributed by atoms with Crippen LogP contribution < -0.4 is 10.5 Å². The third kappa shape index (κ3) is 4.60. The number of ether oxygens (including phenoxy) is 2. The Bertz CT molecular complexity index is 972. The van der Waals surface area contributed by atoms with Gasteiger partial charge in [-0.15, -0.1) is 0 Å². The smallest absolute Gasteiger partial charge is 0.213 e. The maximum atomic E-state index is 6.86. The Labute approximate surface area is 183 Å². The van der Waals surface area contributed by atoms with E-state index in [1.165, 1.54) is 0 Å². The summed E-state index contributed by atoms with van der Waals surface area (Å²) < 4.78 is 12.7. The molecule has 0 amide bonds. The quantitative estimate of drug-likeness (QED) is 0.393. The monoisotopic (exact) mass is 410 g/mol. The van der Waals surface area contributed by atoms with Crippen molar-refractivity contribution < 1.29 is 9.47 Å². The summed E-state index contributed by atoms with van der Waals surface area (Å²) >= 11 is 0. The molecule has 0 spiro atoms. The van der Waals surface area contributed by atoms with E-state index in [-0.39, 0.29) is 6.10 Å². The Morgan fingerprint density at radius 1 is 0.742 bits per heavy atom. The third-order valence-corrected chi connectivity index (χ3v) is 5.14. The molecule has 1 aromatic heterocycles. The number of nitrogen functional groups attached to an aromatic ring is 1. The zero-order valence-corrected chi connectivity index (χ0v) is 17.5. The zero-order valence-electron chi connectivity index (χ0n) is 17.5. The third-order valence-electron chi connectivity index (χ3n) is 5.14. The molecule has 3 aromatic carbocycles.